The van der Waals surface area contributed by atoms with Gasteiger partial charge in [-0.2, -0.15) is 0 Å². The third kappa shape index (κ3) is 3.65. The van der Waals surface area contributed by atoms with E-state index in [9.17, 15) is 9.59 Å². The Morgan fingerprint density at radius 3 is 2.55 bits per heavy atom. The maximum absolute atomic E-state index is 13.1. The van der Waals surface area contributed by atoms with Crippen molar-refractivity contribution in [1.29, 1.82) is 0 Å². The van der Waals surface area contributed by atoms with Gasteiger partial charge in [-0.3, -0.25) is 14.5 Å². The summed E-state index contributed by atoms with van der Waals surface area (Å²) in [6, 6.07) is 4.59. The number of benzene rings is 1. The second kappa shape index (κ2) is 8.52. The molecule has 0 saturated heterocycles. The molecule has 2 heterocycles. The van der Waals surface area contributed by atoms with Crippen molar-refractivity contribution >= 4 is 23.2 Å². The molecule has 0 bridgehead atoms. The van der Waals surface area contributed by atoms with Gasteiger partial charge >= 0.3 is 5.95 Å². The molecule has 1 aliphatic heterocycles. The zero-order chi connectivity index (χ0) is 21.1. The number of carbonyl (C=O) groups is 2. The number of imide groups is 1. The summed E-state index contributed by atoms with van der Waals surface area (Å²) in [5.74, 6) is -0.572. The fourth-order valence-electron chi connectivity index (χ4n) is 3.26. The van der Waals surface area contributed by atoms with Crippen LogP contribution in [0.2, 0.25) is 0 Å². The molecule has 1 unspecified atom stereocenters. The smallest absolute Gasteiger partial charge is 0.339 e. The number of azo groups is 1. The number of nitrogens with zero attached hydrogens (tertiary/aromatic N) is 4. The van der Waals surface area contributed by atoms with Crippen molar-refractivity contribution in [2.24, 2.45) is 10.2 Å². The van der Waals surface area contributed by atoms with Gasteiger partial charge in [-0.25, -0.2) is 0 Å². The van der Waals surface area contributed by atoms with Crippen molar-refractivity contribution in [3.63, 3.8) is 0 Å². The van der Waals surface area contributed by atoms with Gasteiger partial charge in [-0.1, -0.05) is 32.0 Å². The van der Waals surface area contributed by atoms with E-state index in [1.807, 2.05) is 20.8 Å². The maximum atomic E-state index is 13.1. The minimum atomic E-state index is -0.398. The SMILES string of the molecule is CCC(COC)N1C(=O)c2cccc(N=Nc3c(C(C)C)noc3OC)c2C1=O. The summed E-state index contributed by atoms with van der Waals surface area (Å²) in [6.45, 7) is 6.06. The van der Waals surface area contributed by atoms with Gasteiger partial charge in [0.2, 0.25) is 0 Å². The second-order valence-electron chi connectivity index (χ2n) is 6.96. The summed E-state index contributed by atoms with van der Waals surface area (Å²) < 4.78 is 15.5. The zero-order valence-electron chi connectivity index (χ0n) is 17.1. The van der Waals surface area contributed by atoms with E-state index in [1.54, 1.807) is 25.3 Å². The summed E-state index contributed by atoms with van der Waals surface area (Å²) in [5.41, 5.74) is 1.79. The first-order valence-corrected chi connectivity index (χ1v) is 9.39. The highest BCUT2D eigenvalue weighted by Crippen LogP contribution is 2.38. The molecule has 0 saturated carbocycles. The van der Waals surface area contributed by atoms with Crippen LogP contribution in [-0.4, -0.2) is 48.7 Å². The van der Waals surface area contributed by atoms with E-state index in [1.165, 1.54) is 12.0 Å². The second-order valence-corrected chi connectivity index (χ2v) is 6.96. The van der Waals surface area contributed by atoms with E-state index in [0.717, 1.165) is 0 Å². The Bertz CT molecular complexity index is 950. The van der Waals surface area contributed by atoms with Gasteiger partial charge in [-0.05, 0) is 18.6 Å². The van der Waals surface area contributed by atoms with Crippen LogP contribution in [0.4, 0.5) is 11.4 Å². The van der Waals surface area contributed by atoms with Crippen LogP contribution in [-0.2, 0) is 4.74 Å². The van der Waals surface area contributed by atoms with Crippen LogP contribution in [0.3, 0.4) is 0 Å². The molecule has 0 fully saturated rings. The molecule has 154 valence electrons. The number of aromatic nitrogens is 1. The van der Waals surface area contributed by atoms with Crippen LogP contribution in [0.15, 0.2) is 33.0 Å². The van der Waals surface area contributed by atoms with Gasteiger partial charge in [0.25, 0.3) is 11.8 Å². The fraction of sp³-hybridized carbons (Fsp3) is 0.450. The lowest BCUT2D eigenvalue weighted by atomic mass is 10.1. The van der Waals surface area contributed by atoms with Crippen molar-refractivity contribution in [2.75, 3.05) is 20.8 Å². The lowest BCUT2D eigenvalue weighted by molar-refractivity contribution is 0.0466. The van der Waals surface area contributed by atoms with Crippen molar-refractivity contribution in [2.45, 2.75) is 39.2 Å². The Morgan fingerprint density at radius 2 is 1.93 bits per heavy atom. The van der Waals surface area contributed by atoms with Crippen LogP contribution in [0.5, 0.6) is 5.95 Å². The van der Waals surface area contributed by atoms with Gasteiger partial charge in [-0.15, -0.1) is 10.2 Å². The zero-order valence-corrected chi connectivity index (χ0v) is 17.1. The van der Waals surface area contributed by atoms with E-state index >= 15 is 0 Å². The first kappa shape index (κ1) is 20.7. The molecule has 3 rings (SSSR count). The van der Waals surface area contributed by atoms with Crippen LogP contribution >= 0.6 is 0 Å². The lowest BCUT2D eigenvalue weighted by Crippen LogP contribution is -2.42. The Morgan fingerprint density at radius 1 is 1.17 bits per heavy atom. The molecule has 0 aliphatic carbocycles. The Labute approximate surface area is 168 Å². The number of hydrogen-bond donors (Lipinski definition) is 0. The molecule has 1 aromatic heterocycles. The average Bonchev–Trinajstić information content (AvgIpc) is 3.24. The molecule has 2 aromatic rings. The molecule has 29 heavy (non-hydrogen) atoms. The molecule has 0 radical (unpaired) electrons. The number of methoxy groups -OCH3 is 2. The topological polar surface area (TPSA) is 107 Å². The summed E-state index contributed by atoms with van der Waals surface area (Å²) in [6.07, 6.45) is 0.589. The summed E-state index contributed by atoms with van der Waals surface area (Å²) in [4.78, 5) is 27.1. The molecule has 1 aromatic carbocycles. The molecule has 1 atom stereocenters. The summed E-state index contributed by atoms with van der Waals surface area (Å²) >= 11 is 0. The minimum Gasteiger partial charge on any atom is -0.465 e. The first-order chi connectivity index (χ1) is 13.9. The van der Waals surface area contributed by atoms with Crippen molar-refractivity contribution in [3.05, 3.63) is 35.0 Å². The van der Waals surface area contributed by atoms with E-state index in [4.69, 9.17) is 14.0 Å². The van der Waals surface area contributed by atoms with Gasteiger partial charge in [0.15, 0.2) is 5.69 Å². The third-order valence-electron chi connectivity index (χ3n) is 4.77. The lowest BCUT2D eigenvalue weighted by Gasteiger charge is -2.24. The third-order valence-corrected chi connectivity index (χ3v) is 4.77. The maximum Gasteiger partial charge on any atom is 0.339 e. The van der Waals surface area contributed by atoms with Crippen LogP contribution in [0.1, 0.15) is 59.5 Å². The molecular formula is C20H24N4O5. The molecule has 0 N–H and O–H groups in total. The van der Waals surface area contributed by atoms with Crippen LogP contribution < -0.4 is 4.74 Å². The molecule has 0 spiro atoms. The largest absolute Gasteiger partial charge is 0.465 e. The highest BCUT2D eigenvalue weighted by atomic mass is 16.6. The highest BCUT2D eigenvalue weighted by Gasteiger charge is 2.41. The molecule has 2 amide bonds. The number of ether oxygens (including phenoxy) is 2. The van der Waals surface area contributed by atoms with Gasteiger partial charge < -0.3 is 14.0 Å². The van der Waals surface area contributed by atoms with Gasteiger partial charge in [0.05, 0.1) is 36.6 Å². The van der Waals surface area contributed by atoms with Crippen molar-refractivity contribution in [3.8, 4) is 5.95 Å². The number of hydrogen-bond acceptors (Lipinski definition) is 8. The Balaban J connectivity index is 2.01. The minimum absolute atomic E-state index is 0.0381. The predicted molar refractivity (Wildman–Crippen MR) is 104 cm³/mol. The van der Waals surface area contributed by atoms with Crippen LogP contribution in [0, 0.1) is 0 Å². The fourth-order valence-corrected chi connectivity index (χ4v) is 3.26. The standard InChI is InChI=1S/C20H24N4O5/c1-6-12(10-27-4)24-18(25)13-8-7-9-14(15(13)19(24)26)21-22-17-16(11(2)3)23-29-20(17)28-5/h7-9,11-12H,6,10H2,1-5H3. The highest BCUT2D eigenvalue weighted by molar-refractivity contribution is 6.23. The van der Waals surface area contributed by atoms with Crippen molar-refractivity contribution in [1.82, 2.24) is 10.1 Å². The quantitative estimate of drug-likeness (QED) is 0.484. The van der Waals surface area contributed by atoms with E-state index in [2.05, 4.69) is 15.4 Å². The first-order valence-electron chi connectivity index (χ1n) is 9.39. The molecule has 9 nitrogen and oxygen atoms in total. The normalized spacial score (nSPS) is 14.9. The molecule has 9 heteroatoms. The molecular weight excluding hydrogens is 376 g/mol. The van der Waals surface area contributed by atoms with E-state index in [-0.39, 0.29) is 36.0 Å². The number of rotatable bonds is 8. The predicted octanol–water partition coefficient (Wildman–Crippen LogP) is 4.24. The molecule has 1 aliphatic rings. The number of fused-ring (bicyclic) bond motifs is 1. The van der Waals surface area contributed by atoms with Crippen LogP contribution in [0.25, 0.3) is 0 Å². The Hall–Kier alpha value is -3.07. The van der Waals surface area contributed by atoms with Gasteiger partial charge in [0.1, 0.15) is 5.69 Å². The average molecular weight is 400 g/mol. The van der Waals surface area contributed by atoms with E-state index in [0.29, 0.717) is 29.1 Å². The van der Waals surface area contributed by atoms with Crippen molar-refractivity contribution < 1.29 is 23.6 Å². The number of amides is 2. The van der Waals surface area contributed by atoms with E-state index < -0.39 is 5.91 Å². The number of carbonyl (C=O) groups excluding carboxylic acids is 2. The van der Waals surface area contributed by atoms with Gasteiger partial charge in [0, 0.05) is 13.0 Å². The summed E-state index contributed by atoms with van der Waals surface area (Å²) in [5, 5.41) is 12.4. The Kier molecular flexibility index (Phi) is 6.07. The monoisotopic (exact) mass is 400 g/mol. The summed E-state index contributed by atoms with van der Waals surface area (Å²) in [7, 11) is 2.99.